The van der Waals surface area contributed by atoms with Crippen LogP contribution in [0.5, 0.6) is 0 Å². The van der Waals surface area contributed by atoms with Gasteiger partial charge < -0.3 is 20.1 Å². The van der Waals surface area contributed by atoms with Crippen molar-refractivity contribution >= 4 is 45.4 Å². The predicted molar refractivity (Wildman–Crippen MR) is 136 cm³/mol. The number of nitrogens with two attached hydrogens (primary N) is 1. The van der Waals surface area contributed by atoms with Gasteiger partial charge in [0.2, 0.25) is 0 Å². The van der Waals surface area contributed by atoms with Crippen LogP contribution in [-0.2, 0) is 34.8 Å². The summed E-state index contributed by atoms with van der Waals surface area (Å²) in [5.41, 5.74) is 6.76. The number of aryl methyl sites for hydroxylation is 1. The van der Waals surface area contributed by atoms with Crippen molar-refractivity contribution < 1.29 is 14.6 Å². The molecule has 4 aromatic rings. The normalized spacial score (nSPS) is 18.8. The summed E-state index contributed by atoms with van der Waals surface area (Å²) in [5.74, 6) is 0.0630. The first-order valence-corrected chi connectivity index (χ1v) is 12.6. The van der Waals surface area contributed by atoms with Gasteiger partial charge in [0, 0.05) is 29.1 Å². The van der Waals surface area contributed by atoms with Crippen LogP contribution < -0.4 is 22.0 Å². The maximum Gasteiger partial charge on any atom is 0.343 e. The Morgan fingerprint density at radius 1 is 1.17 bits per heavy atom. The molecule has 36 heavy (non-hydrogen) atoms. The zero-order valence-electron chi connectivity index (χ0n) is 20.5. The Bertz CT molecular complexity index is 1770. The molecule has 6 rings (SSSR count). The van der Waals surface area contributed by atoms with Crippen LogP contribution in [0, 0.1) is 0 Å². The van der Waals surface area contributed by atoms with Gasteiger partial charge in [-0.15, -0.1) is 0 Å². The van der Waals surface area contributed by atoms with Gasteiger partial charge in [0.25, 0.3) is 5.56 Å². The van der Waals surface area contributed by atoms with Gasteiger partial charge in [-0.25, -0.2) is 14.8 Å². The fourth-order valence-electron chi connectivity index (χ4n) is 5.65. The van der Waals surface area contributed by atoms with Crippen LogP contribution >= 0.6 is 0 Å². The van der Waals surface area contributed by atoms with Gasteiger partial charge >= 0.3 is 5.97 Å². The van der Waals surface area contributed by atoms with E-state index in [-0.39, 0.29) is 18.6 Å². The lowest BCUT2D eigenvalue weighted by Gasteiger charge is -2.31. The van der Waals surface area contributed by atoms with E-state index in [4.69, 9.17) is 20.4 Å². The summed E-state index contributed by atoms with van der Waals surface area (Å²) < 4.78 is 8.94. The van der Waals surface area contributed by atoms with E-state index in [0.717, 1.165) is 58.6 Å². The van der Waals surface area contributed by atoms with E-state index < -0.39 is 11.6 Å². The Morgan fingerprint density at radius 2 is 1.94 bits per heavy atom. The molecule has 0 saturated heterocycles. The summed E-state index contributed by atoms with van der Waals surface area (Å²) in [4.78, 5) is 36.0. The molecule has 0 unspecified atom stereocenters. The standard InChI is InChI=1S/C27H29N5O4/c1-3-5-6-10-31-21(12-28)29-18-8-7-9-19-22(18)24(31)15-13-32-20(23(15)30-19)11-17-16(25(32)33)14-36-26(34)27(17,35)4-2/h8-9,11,13,35H,3-7,10,12,14,28H2,1-2H3/t27-/m0/s1. The van der Waals surface area contributed by atoms with Crippen LogP contribution in [0.25, 0.3) is 39.5 Å². The molecule has 0 fully saturated rings. The monoisotopic (exact) mass is 487 g/mol. The molecule has 1 atom stereocenters. The van der Waals surface area contributed by atoms with E-state index in [1.165, 1.54) is 0 Å². The first kappa shape index (κ1) is 22.9. The average molecular weight is 488 g/mol. The molecule has 0 aromatic carbocycles. The second kappa shape index (κ2) is 8.25. The highest BCUT2D eigenvalue weighted by Crippen LogP contribution is 2.35. The van der Waals surface area contributed by atoms with E-state index >= 15 is 0 Å². The van der Waals surface area contributed by atoms with Crippen molar-refractivity contribution in [2.75, 3.05) is 0 Å². The number of ether oxygens (including phenoxy) is 1. The molecule has 0 bridgehead atoms. The van der Waals surface area contributed by atoms with Crippen molar-refractivity contribution in [2.45, 2.75) is 71.2 Å². The van der Waals surface area contributed by atoms with Crippen LogP contribution in [0.1, 0.15) is 62.9 Å². The number of pyridine rings is 2. The second-order valence-electron chi connectivity index (χ2n) is 9.62. The number of hydrogen-bond acceptors (Lipinski definition) is 7. The molecule has 4 aromatic heterocycles. The van der Waals surface area contributed by atoms with Crippen LogP contribution in [0.4, 0.5) is 0 Å². The van der Waals surface area contributed by atoms with Gasteiger partial charge in [-0.1, -0.05) is 38.8 Å². The number of carbonyl (C=O) groups is 1. The first-order valence-electron chi connectivity index (χ1n) is 12.6. The van der Waals surface area contributed by atoms with Crippen molar-refractivity contribution in [3.8, 4) is 0 Å². The van der Waals surface area contributed by atoms with Crippen molar-refractivity contribution in [3.63, 3.8) is 0 Å². The number of aliphatic hydroxyl groups is 1. The Morgan fingerprint density at radius 3 is 2.67 bits per heavy atom. The number of nitrogens with zero attached hydrogens (tertiary/aromatic N) is 4. The third kappa shape index (κ3) is 3.02. The smallest absolute Gasteiger partial charge is 0.343 e. The van der Waals surface area contributed by atoms with Gasteiger partial charge in [0.1, 0.15) is 12.4 Å². The fourth-order valence-corrected chi connectivity index (χ4v) is 5.65. The third-order valence-corrected chi connectivity index (χ3v) is 7.60. The molecular weight excluding hydrogens is 458 g/mol. The fraction of sp³-hybridized carbons (Fsp3) is 0.407. The lowest BCUT2D eigenvalue weighted by atomic mass is 9.86. The second-order valence-corrected chi connectivity index (χ2v) is 9.62. The molecule has 186 valence electrons. The summed E-state index contributed by atoms with van der Waals surface area (Å²) in [5, 5.41) is 14.6. The zero-order chi connectivity index (χ0) is 25.2. The van der Waals surface area contributed by atoms with Crippen molar-refractivity contribution in [1.82, 2.24) is 18.9 Å². The Kier molecular flexibility index (Phi) is 5.24. The first-order chi connectivity index (χ1) is 17.4. The highest BCUT2D eigenvalue weighted by molar-refractivity contribution is 6.10. The maximum atomic E-state index is 13.6. The predicted octanol–water partition coefficient (Wildman–Crippen LogP) is 1.47. The largest absolute Gasteiger partial charge is 0.458 e. The Hall–Kier alpha value is -3.56. The number of aromatic nitrogens is 4. The van der Waals surface area contributed by atoms with E-state index in [2.05, 4.69) is 23.6 Å². The molecule has 0 spiro atoms. The molecule has 5 heterocycles. The molecule has 2 aliphatic rings. The zero-order valence-corrected chi connectivity index (χ0v) is 20.5. The van der Waals surface area contributed by atoms with E-state index in [1.807, 2.05) is 6.20 Å². The summed E-state index contributed by atoms with van der Waals surface area (Å²) >= 11 is 0. The molecule has 0 amide bonds. The summed E-state index contributed by atoms with van der Waals surface area (Å²) in [6, 6.07) is 1.73. The number of cyclic esters (lactones) is 1. The summed E-state index contributed by atoms with van der Waals surface area (Å²) in [7, 11) is 0. The lowest BCUT2D eigenvalue weighted by Crippen LogP contribution is -2.43. The van der Waals surface area contributed by atoms with E-state index in [0.29, 0.717) is 35.1 Å². The Balaban J connectivity index is 1.78. The van der Waals surface area contributed by atoms with Crippen LogP contribution in [0.3, 0.4) is 0 Å². The summed E-state index contributed by atoms with van der Waals surface area (Å²) in [6.45, 7) is 4.76. The van der Waals surface area contributed by atoms with E-state index in [1.54, 1.807) is 17.4 Å². The molecule has 9 nitrogen and oxygen atoms in total. The molecule has 9 heteroatoms. The number of hydrogen-bond donors (Lipinski definition) is 2. The third-order valence-electron chi connectivity index (χ3n) is 7.60. The van der Waals surface area contributed by atoms with Crippen LogP contribution in [0.15, 0.2) is 17.1 Å². The van der Waals surface area contributed by atoms with E-state index in [9.17, 15) is 14.7 Å². The average Bonchev–Trinajstić information content (AvgIpc) is 3.26. The maximum absolute atomic E-state index is 13.6. The minimum atomic E-state index is -1.86. The van der Waals surface area contributed by atoms with Gasteiger partial charge in [-0.2, -0.15) is 0 Å². The minimum Gasteiger partial charge on any atom is -0.458 e. The highest BCUT2D eigenvalue weighted by Gasteiger charge is 2.44. The van der Waals surface area contributed by atoms with Crippen molar-refractivity contribution in [3.05, 3.63) is 50.3 Å². The van der Waals surface area contributed by atoms with Gasteiger partial charge in [0.05, 0.1) is 39.4 Å². The van der Waals surface area contributed by atoms with Gasteiger partial charge in [0.15, 0.2) is 5.60 Å². The SMILES string of the molecule is CCCCCn1c(CN)nc2c3c(nc4c(cn5c(=O)c6c(cc45)[C@@](O)(CC)C(=O)OC6)c31)=CCC=2. The summed E-state index contributed by atoms with van der Waals surface area (Å²) in [6.07, 6.45) is 9.92. The van der Waals surface area contributed by atoms with Crippen molar-refractivity contribution in [1.29, 1.82) is 0 Å². The highest BCUT2D eigenvalue weighted by atomic mass is 16.6. The van der Waals surface area contributed by atoms with Crippen LogP contribution in [0.2, 0.25) is 0 Å². The number of unbranched alkanes of at least 4 members (excludes halogenated alkanes) is 2. The quantitative estimate of drug-likeness (QED) is 0.312. The number of rotatable bonds is 6. The van der Waals surface area contributed by atoms with Crippen LogP contribution in [-0.4, -0.2) is 30.0 Å². The van der Waals surface area contributed by atoms with Crippen molar-refractivity contribution in [2.24, 2.45) is 5.73 Å². The Labute approximate surface area is 206 Å². The molecule has 0 radical (unpaired) electrons. The van der Waals surface area contributed by atoms with Gasteiger partial charge in [-0.3, -0.25) is 9.20 Å². The number of carbonyl (C=O) groups excluding carboxylic acids is 1. The molecule has 0 saturated carbocycles. The molecule has 1 aliphatic heterocycles. The topological polar surface area (TPSA) is 125 Å². The molecule has 1 aliphatic carbocycles. The molecule has 3 N–H and O–H groups in total. The minimum absolute atomic E-state index is 0.102. The van der Waals surface area contributed by atoms with Gasteiger partial charge in [-0.05, 0) is 25.3 Å². The number of fused-ring (bicyclic) bond motifs is 5. The molecular formula is C27H29N5O4. The lowest BCUT2D eigenvalue weighted by molar-refractivity contribution is -0.172. The number of esters is 1.